The van der Waals surface area contributed by atoms with Gasteiger partial charge >= 0.3 is 6.09 Å². The predicted octanol–water partition coefficient (Wildman–Crippen LogP) is 2.30. The van der Waals surface area contributed by atoms with Gasteiger partial charge < -0.3 is 15.4 Å². The summed E-state index contributed by atoms with van der Waals surface area (Å²) in [5.41, 5.74) is 0.722. The highest BCUT2D eigenvalue weighted by Gasteiger charge is 2.16. The van der Waals surface area contributed by atoms with Crippen molar-refractivity contribution in [2.45, 2.75) is 39.2 Å². The first-order valence-corrected chi connectivity index (χ1v) is 7.60. The molecule has 0 atom stereocenters. The van der Waals surface area contributed by atoms with Crippen molar-refractivity contribution < 1.29 is 14.3 Å². The molecular weight excluding hydrogens is 280 g/mol. The minimum Gasteiger partial charge on any atom is -0.444 e. The third-order valence-electron chi connectivity index (χ3n) is 2.84. The average Bonchev–Trinajstić information content (AvgIpc) is 2.44. The molecule has 0 saturated carbocycles. The Kier molecular flexibility index (Phi) is 7.60. The highest BCUT2D eigenvalue weighted by molar-refractivity contribution is 5.84. The second kappa shape index (κ2) is 9.20. The molecule has 0 aromatic heterocycles. The summed E-state index contributed by atoms with van der Waals surface area (Å²) in [5.74, 6) is -0.0157. The van der Waals surface area contributed by atoms with Gasteiger partial charge in [0.25, 0.3) is 0 Å². The molecule has 0 fully saturated rings. The zero-order valence-electron chi connectivity index (χ0n) is 13.6. The SMILES string of the molecule is CC(C)(C)OC(=O)NCC(=O)CCNCCc1ccccc1. The molecule has 1 rings (SSSR count). The van der Waals surface area contributed by atoms with E-state index in [0.29, 0.717) is 13.0 Å². The first-order valence-electron chi connectivity index (χ1n) is 7.60. The Morgan fingerprint density at radius 3 is 2.41 bits per heavy atom. The van der Waals surface area contributed by atoms with Gasteiger partial charge in [0, 0.05) is 13.0 Å². The van der Waals surface area contributed by atoms with Gasteiger partial charge in [0.2, 0.25) is 0 Å². The molecule has 0 radical (unpaired) electrons. The van der Waals surface area contributed by atoms with E-state index in [1.165, 1.54) is 5.56 Å². The Morgan fingerprint density at radius 2 is 1.77 bits per heavy atom. The molecule has 1 aromatic carbocycles. The number of alkyl carbamates (subject to hydrolysis) is 1. The van der Waals surface area contributed by atoms with Crippen molar-refractivity contribution >= 4 is 11.9 Å². The number of hydrogen-bond donors (Lipinski definition) is 2. The molecule has 122 valence electrons. The van der Waals surface area contributed by atoms with Crippen molar-refractivity contribution in [1.82, 2.24) is 10.6 Å². The molecule has 0 aliphatic rings. The molecule has 0 aliphatic heterocycles. The Balaban J connectivity index is 2.05. The number of carbonyl (C=O) groups is 2. The van der Waals surface area contributed by atoms with Crippen molar-refractivity contribution in [2.24, 2.45) is 0 Å². The third-order valence-corrected chi connectivity index (χ3v) is 2.84. The fourth-order valence-electron chi connectivity index (χ4n) is 1.80. The zero-order valence-corrected chi connectivity index (χ0v) is 13.6. The zero-order chi connectivity index (χ0) is 16.4. The van der Waals surface area contributed by atoms with Crippen LogP contribution in [0, 0.1) is 0 Å². The fraction of sp³-hybridized carbons (Fsp3) is 0.529. The van der Waals surface area contributed by atoms with E-state index in [1.54, 1.807) is 20.8 Å². The van der Waals surface area contributed by atoms with Crippen LogP contribution in [0.4, 0.5) is 4.79 Å². The average molecular weight is 306 g/mol. The van der Waals surface area contributed by atoms with Crippen LogP contribution in [0.2, 0.25) is 0 Å². The Labute approximate surface area is 132 Å². The van der Waals surface area contributed by atoms with Crippen LogP contribution in [0.25, 0.3) is 0 Å². The third kappa shape index (κ3) is 9.13. The number of Topliss-reactive ketones (excluding diaryl/α,β-unsaturated/α-hetero) is 1. The minimum absolute atomic E-state index is 0.00920. The Morgan fingerprint density at radius 1 is 1.09 bits per heavy atom. The number of nitrogens with one attached hydrogen (secondary N) is 2. The second-order valence-corrected chi connectivity index (χ2v) is 6.13. The monoisotopic (exact) mass is 306 g/mol. The van der Waals surface area contributed by atoms with Crippen LogP contribution < -0.4 is 10.6 Å². The molecule has 0 spiro atoms. The molecule has 0 heterocycles. The van der Waals surface area contributed by atoms with Gasteiger partial charge in [-0.05, 0) is 39.3 Å². The summed E-state index contributed by atoms with van der Waals surface area (Å²) in [4.78, 5) is 23.0. The summed E-state index contributed by atoms with van der Waals surface area (Å²) in [6.07, 6.45) is 0.772. The van der Waals surface area contributed by atoms with Gasteiger partial charge in [-0.3, -0.25) is 4.79 Å². The lowest BCUT2D eigenvalue weighted by Crippen LogP contribution is -2.36. The first kappa shape index (κ1) is 18.2. The van der Waals surface area contributed by atoms with Crippen LogP contribution in [-0.4, -0.2) is 37.1 Å². The van der Waals surface area contributed by atoms with E-state index in [1.807, 2.05) is 18.2 Å². The smallest absolute Gasteiger partial charge is 0.408 e. The minimum atomic E-state index is -0.558. The standard InChI is InChI=1S/C17H26N2O3/c1-17(2,3)22-16(21)19-13-15(20)10-12-18-11-9-14-7-5-4-6-8-14/h4-8,18H,9-13H2,1-3H3,(H,19,21). The fourth-order valence-corrected chi connectivity index (χ4v) is 1.80. The van der Waals surface area contributed by atoms with Crippen molar-refractivity contribution in [3.8, 4) is 0 Å². The van der Waals surface area contributed by atoms with Crippen molar-refractivity contribution in [3.63, 3.8) is 0 Å². The van der Waals surface area contributed by atoms with Crippen molar-refractivity contribution in [2.75, 3.05) is 19.6 Å². The molecule has 1 amide bonds. The van der Waals surface area contributed by atoms with Gasteiger partial charge in [0.1, 0.15) is 5.60 Å². The van der Waals surface area contributed by atoms with E-state index in [0.717, 1.165) is 13.0 Å². The molecule has 1 aromatic rings. The number of amides is 1. The normalized spacial score (nSPS) is 11.0. The molecule has 5 nitrogen and oxygen atoms in total. The molecule has 0 aliphatic carbocycles. The van der Waals surface area contributed by atoms with Gasteiger partial charge in [0.15, 0.2) is 5.78 Å². The summed E-state index contributed by atoms with van der Waals surface area (Å²) in [6.45, 7) is 6.80. The van der Waals surface area contributed by atoms with Crippen molar-refractivity contribution in [1.29, 1.82) is 0 Å². The summed E-state index contributed by atoms with van der Waals surface area (Å²) in [6, 6.07) is 10.2. The van der Waals surface area contributed by atoms with Crippen LogP contribution in [0.3, 0.4) is 0 Å². The summed E-state index contributed by atoms with van der Waals surface area (Å²) >= 11 is 0. The van der Waals surface area contributed by atoms with E-state index >= 15 is 0 Å². The molecule has 0 bridgehead atoms. The summed E-state index contributed by atoms with van der Waals surface area (Å²) in [5, 5.41) is 5.69. The van der Waals surface area contributed by atoms with E-state index in [4.69, 9.17) is 4.74 Å². The van der Waals surface area contributed by atoms with Gasteiger partial charge in [-0.1, -0.05) is 30.3 Å². The highest BCUT2D eigenvalue weighted by atomic mass is 16.6. The maximum atomic E-state index is 11.6. The van der Waals surface area contributed by atoms with Gasteiger partial charge in [0.05, 0.1) is 6.54 Å². The molecule has 5 heteroatoms. The van der Waals surface area contributed by atoms with E-state index in [9.17, 15) is 9.59 Å². The lowest BCUT2D eigenvalue weighted by molar-refractivity contribution is -0.118. The first-order chi connectivity index (χ1) is 10.4. The van der Waals surface area contributed by atoms with Crippen LogP contribution in [0.5, 0.6) is 0 Å². The van der Waals surface area contributed by atoms with E-state index in [-0.39, 0.29) is 12.3 Å². The highest BCUT2D eigenvalue weighted by Crippen LogP contribution is 2.06. The van der Waals surface area contributed by atoms with Crippen molar-refractivity contribution in [3.05, 3.63) is 35.9 Å². The lowest BCUT2D eigenvalue weighted by Gasteiger charge is -2.19. The number of hydrogen-bond acceptors (Lipinski definition) is 4. The Bertz CT molecular complexity index is 467. The van der Waals surface area contributed by atoms with Crippen LogP contribution in [-0.2, 0) is 16.0 Å². The molecule has 0 saturated heterocycles. The lowest BCUT2D eigenvalue weighted by atomic mass is 10.1. The quantitative estimate of drug-likeness (QED) is 0.723. The molecule has 2 N–H and O–H groups in total. The number of ketones is 1. The molecule has 0 unspecified atom stereocenters. The van der Waals surface area contributed by atoms with Gasteiger partial charge in [-0.15, -0.1) is 0 Å². The number of ether oxygens (including phenoxy) is 1. The number of rotatable bonds is 8. The summed E-state index contributed by atoms with van der Waals surface area (Å²) < 4.78 is 5.06. The summed E-state index contributed by atoms with van der Waals surface area (Å²) in [7, 11) is 0. The maximum Gasteiger partial charge on any atom is 0.408 e. The topological polar surface area (TPSA) is 67.4 Å². The number of benzene rings is 1. The Hall–Kier alpha value is -1.88. The van der Waals surface area contributed by atoms with Crippen LogP contribution in [0.15, 0.2) is 30.3 Å². The van der Waals surface area contributed by atoms with Gasteiger partial charge in [-0.25, -0.2) is 4.79 Å². The number of carbonyl (C=O) groups excluding carboxylic acids is 2. The van der Waals surface area contributed by atoms with E-state index < -0.39 is 11.7 Å². The molecule has 22 heavy (non-hydrogen) atoms. The molecular formula is C17H26N2O3. The second-order valence-electron chi connectivity index (χ2n) is 6.13. The predicted molar refractivity (Wildman–Crippen MR) is 86.9 cm³/mol. The van der Waals surface area contributed by atoms with Crippen LogP contribution >= 0.6 is 0 Å². The van der Waals surface area contributed by atoms with Gasteiger partial charge in [-0.2, -0.15) is 0 Å². The maximum absolute atomic E-state index is 11.6. The van der Waals surface area contributed by atoms with E-state index in [2.05, 4.69) is 22.8 Å². The van der Waals surface area contributed by atoms with Crippen LogP contribution in [0.1, 0.15) is 32.8 Å². The largest absolute Gasteiger partial charge is 0.444 e.